The molecule has 0 bridgehead atoms. The Morgan fingerprint density at radius 3 is 2.44 bits per heavy atom. The van der Waals surface area contributed by atoms with Crippen molar-refractivity contribution in [1.82, 2.24) is 4.31 Å². The van der Waals surface area contributed by atoms with Gasteiger partial charge in [0.25, 0.3) is 10.0 Å². The SMILES string of the molecule is Cc1ccc(S(=O)(=O)N2CC[C@@H]3C(=C2c2ccccc2)C(=O)Oc2ccc(Cl)cc23)cc1. The number of sulfonamides is 1. The van der Waals surface area contributed by atoms with Crippen molar-refractivity contribution in [2.24, 2.45) is 0 Å². The predicted molar refractivity (Wildman–Crippen MR) is 123 cm³/mol. The minimum absolute atomic E-state index is 0.184. The molecule has 0 spiro atoms. The first-order valence-electron chi connectivity index (χ1n) is 10.3. The summed E-state index contributed by atoms with van der Waals surface area (Å²) in [4.78, 5) is 13.4. The molecule has 0 unspecified atom stereocenters. The highest BCUT2D eigenvalue weighted by atomic mass is 35.5. The fraction of sp³-hybridized carbons (Fsp3) is 0.160. The lowest BCUT2D eigenvalue weighted by Gasteiger charge is -2.39. The summed E-state index contributed by atoms with van der Waals surface area (Å²) in [7, 11) is -3.89. The van der Waals surface area contributed by atoms with Crippen LogP contribution < -0.4 is 4.74 Å². The molecule has 0 saturated carbocycles. The normalized spacial score (nSPS) is 18.1. The number of esters is 1. The molecule has 0 amide bonds. The van der Waals surface area contributed by atoms with Gasteiger partial charge in [-0.05, 0) is 49.2 Å². The number of halogens is 1. The Labute approximate surface area is 191 Å². The van der Waals surface area contributed by atoms with Crippen LogP contribution in [-0.4, -0.2) is 25.2 Å². The van der Waals surface area contributed by atoms with E-state index in [9.17, 15) is 13.2 Å². The van der Waals surface area contributed by atoms with Gasteiger partial charge in [-0.2, -0.15) is 0 Å². The molecule has 0 aliphatic carbocycles. The van der Waals surface area contributed by atoms with Gasteiger partial charge in [-0.3, -0.25) is 4.31 Å². The molecule has 0 aromatic heterocycles. The third-order valence-electron chi connectivity index (χ3n) is 5.90. The van der Waals surface area contributed by atoms with Crippen LogP contribution in [0.5, 0.6) is 5.75 Å². The molecule has 0 radical (unpaired) electrons. The molecule has 32 heavy (non-hydrogen) atoms. The number of carbonyl (C=O) groups excluding carboxylic acids is 1. The number of carbonyl (C=O) groups is 1. The van der Waals surface area contributed by atoms with Gasteiger partial charge in [0.15, 0.2) is 0 Å². The summed E-state index contributed by atoms with van der Waals surface area (Å²) in [5.74, 6) is -0.368. The second-order valence-corrected chi connectivity index (χ2v) is 10.2. The van der Waals surface area contributed by atoms with E-state index in [0.29, 0.717) is 34.0 Å². The third-order valence-corrected chi connectivity index (χ3v) is 7.95. The first-order chi connectivity index (χ1) is 15.4. The number of nitrogens with zero attached hydrogens (tertiary/aromatic N) is 1. The highest BCUT2D eigenvalue weighted by Crippen LogP contribution is 2.48. The molecule has 7 heteroatoms. The molecule has 0 N–H and O–H groups in total. The highest BCUT2D eigenvalue weighted by Gasteiger charge is 2.43. The average Bonchev–Trinajstić information content (AvgIpc) is 2.80. The van der Waals surface area contributed by atoms with E-state index in [1.54, 1.807) is 42.5 Å². The van der Waals surface area contributed by atoms with Crippen molar-refractivity contribution < 1.29 is 17.9 Å². The number of fused-ring (bicyclic) bond motifs is 3. The van der Waals surface area contributed by atoms with Crippen molar-refractivity contribution in [2.75, 3.05) is 6.54 Å². The number of aryl methyl sites for hydroxylation is 1. The van der Waals surface area contributed by atoms with E-state index in [0.717, 1.165) is 11.1 Å². The predicted octanol–water partition coefficient (Wildman–Crippen LogP) is 5.16. The smallest absolute Gasteiger partial charge is 0.342 e. The zero-order valence-corrected chi connectivity index (χ0v) is 18.9. The molecule has 5 rings (SSSR count). The van der Waals surface area contributed by atoms with Gasteiger partial charge in [0.2, 0.25) is 0 Å². The van der Waals surface area contributed by atoms with E-state index < -0.39 is 16.0 Å². The van der Waals surface area contributed by atoms with Crippen LogP contribution in [0.25, 0.3) is 5.70 Å². The minimum Gasteiger partial charge on any atom is -0.423 e. The van der Waals surface area contributed by atoms with E-state index in [2.05, 4.69) is 0 Å². The second-order valence-electron chi connectivity index (χ2n) is 7.93. The van der Waals surface area contributed by atoms with Crippen LogP contribution in [0.4, 0.5) is 0 Å². The highest BCUT2D eigenvalue weighted by molar-refractivity contribution is 7.89. The second kappa shape index (κ2) is 7.80. The fourth-order valence-electron chi connectivity index (χ4n) is 4.36. The van der Waals surface area contributed by atoms with Crippen LogP contribution in [0.15, 0.2) is 83.3 Å². The molecule has 162 valence electrons. The Morgan fingerprint density at radius 1 is 1.00 bits per heavy atom. The minimum atomic E-state index is -3.89. The summed E-state index contributed by atoms with van der Waals surface area (Å²) >= 11 is 6.23. The number of rotatable bonds is 3. The van der Waals surface area contributed by atoms with Crippen molar-refractivity contribution in [1.29, 1.82) is 0 Å². The summed E-state index contributed by atoms with van der Waals surface area (Å²) in [5, 5.41) is 0.539. The van der Waals surface area contributed by atoms with Crippen molar-refractivity contribution in [3.05, 3.63) is 100 Å². The lowest BCUT2D eigenvalue weighted by atomic mass is 9.81. The first-order valence-corrected chi connectivity index (χ1v) is 12.1. The largest absolute Gasteiger partial charge is 0.423 e. The van der Waals surface area contributed by atoms with Gasteiger partial charge in [-0.25, -0.2) is 13.2 Å². The molecule has 1 atom stereocenters. The Hall–Kier alpha value is -3.09. The van der Waals surface area contributed by atoms with Gasteiger partial charge >= 0.3 is 5.97 Å². The number of hydrogen-bond acceptors (Lipinski definition) is 4. The van der Waals surface area contributed by atoms with Gasteiger partial charge in [0.05, 0.1) is 16.2 Å². The van der Waals surface area contributed by atoms with Gasteiger partial charge in [0, 0.05) is 23.0 Å². The zero-order valence-electron chi connectivity index (χ0n) is 17.3. The molecule has 5 nitrogen and oxygen atoms in total. The Bertz CT molecular complexity index is 1350. The first kappa shape index (κ1) is 20.8. The summed E-state index contributed by atoms with van der Waals surface area (Å²) < 4.78 is 34.3. The van der Waals surface area contributed by atoms with Crippen LogP contribution in [0, 0.1) is 6.92 Å². The summed E-state index contributed by atoms with van der Waals surface area (Å²) in [5.41, 5.74) is 3.11. The Morgan fingerprint density at radius 2 is 1.72 bits per heavy atom. The topological polar surface area (TPSA) is 63.7 Å². The summed E-state index contributed by atoms with van der Waals surface area (Å²) in [6, 6.07) is 21.0. The number of hydrogen-bond donors (Lipinski definition) is 0. The number of ether oxygens (including phenoxy) is 1. The molecule has 3 aromatic carbocycles. The lowest BCUT2D eigenvalue weighted by molar-refractivity contribution is -0.131. The van der Waals surface area contributed by atoms with Crippen LogP contribution >= 0.6 is 11.6 Å². The van der Waals surface area contributed by atoms with Gasteiger partial charge in [-0.15, -0.1) is 0 Å². The zero-order chi connectivity index (χ0) is 22.5. The molecule has 2 aliphatic rings. The molecule has 0 saturated heterocycles. The molecular weight excluding hydrogens is 446 g/mol. The Balaban J connectivity index is 1.74. The van der Waals surface area contributed by atoms with Crippen molar-refractivity contribution >= 4 is 33.3 Å². The summed E-state index contributed by atoms with van der Waals surface area (Å²) in [6.45, 7) is 2.13. The van der Waals surface area contributed by atoms with Crippen LogP contribution in [0.3, 0.4) is 0 Å². The number of benzene rings is 3. The molecule has 2 aliphatic heterocycles. The quantitative estimate of drug-likeness (QED) is 0.396. The van der Waals surface area contributed by atoms with Crippen LogP contribution in [-0.2, 0) is 14.8 Å². The van der Waals surface area contributed by atoms with E-state index in [1.807, 2.05) is 37.3 Å². The van der Waals surface area contributed by atoms with E-state index in [1.165, 1.54) is 4.31 Å². The Kier molecular flexibility index (Phi) is 5.07. The maximum absolute atomic E-state index is 13.7. The van der Waals surface area contributed by atoms with E-state index in [-0.39, 0.29) is 17.4 Å². The third kappa shape index (κ3) is 3.40. The molecule has 3 aromatic rings. The summed E-state index contributed by atoms with van der Waals surface area (Å²) in [6.07, 6.45) is 0.444. The van der Waals surface area contributed by atoms with Gasteiger partial charge in [0.1, 0.15) is 5.75 Å². The maximum Gasteiger partial charge on any atom is 0.342 e. The average molecular weight is 466 g/mol. The lowest BCUT2D eigenvalue weighted by Crippen LogP contribution is -2.40. The van der Waals surface area contributed by atoms with Gasteiger partial charge in [-0.1, -0.05) is 59.6 Å². The van der Waals surface area contributed by atoms with Crippen LogP contribution in [0.2, 0.25) is 5.02 Å². The van der Waals surface area contributed by atoms with Crippen molar-refractivity contribution in [2.45, 2.75) is 24.2 Å². The molecular formula is C25H20ClNO4S. The standard InChI is InChI=1S/C25H20ClNO4S/c1-16-7-10-19(11-8-16)32(29,30)27-14-13-20-21-15-18(26)9-12-22(21)31-25(28)23(20)24(27)17-5-3-2-4-6-17/h2-12,15,20H,13-14H2,1H3/t20-/m0/s1. The van der Waals surface area contributed by atoms with Crippen molar-refractivity contribution in [3.8, 4) is 5.75 Å². The molecule has 0 fully saturated rings. The maximum atomic E-state index is 13.7. The van der Waals surface area contributed by atoms with Crippen LogP contribution in [0.1, 0.15) is 29.0 Å². The fourth-order valence-corrected chi connectivity index (χ4v) is 6.07. The van der Waals surface area contributed by atoms with E-state index in [4.69, 9.17) is 16.3 Å². The monoisotopic (exact) mass is 465 g/mol. The van der Waals surface area contributed by atoms with E-state index >= 15 is 0 Å². The van der Waals surface area contributed by atoms with Gasteiger partial charge < -0.3 is 4.74 Å². The molecule has 2 heterocycles. The van der Waals surface area contributed by atoms with Crippen molar-refractivity contribution in [3.63, 3.8) is 0 Å².